The number of carbonyl (C=O) groups is 1. The molecule has 0 amide bonds. The molecule has 0 aromatic heterocycles. The van der Waals surface area contributed by atoms with Crippen molar-refractivity contribution in [3.05, 3.63) is 77.4 Å². The Morgan fingerprint density at radius 3 is 2.42 bits per heavy atom. The van der Waals surface area contributed by atoms with E-state index in [2.05, 4.69) is 30.4 Å². The first kappa shape index (κ1) is 17.0. The van der Waals surface area contributed by atoms with Crippen LogP contribution in [0.5, 0.6) is 0 Å². The third-order valence-corrected chi connectivity index (χ3v) is 5.78. The standard InChI is InChI=1S/C24H25NO/c25-21-12-5-10-19(16-21)18-9-4-11-20(15-18)23-14-6-13-22(24(23)26)17-7-2-1-3-8-17/h1-5,7-10,13,18-19,25H,6,11-12,14-16H2/b23-20-,25-21?. The smallest absolute Gasteiger partial charge is 0.189 e. The van der Waals surface area contributed by atoms with Gasteiger partial charge in [0.2, 0.25) is 0 Å². The third-order valence-electron chi connectivity index (χ3n) is 5.78. The van der Waals surface area contributed by atoms with E-state index >= 15 is 0 Å². The lowest BCUT2D eigenvalue weighted by Crippen LogP contribution is -2.21. The van der Waals surface area contributed by atoms with Crippen LogP contribution in [-0.4, -0.2) is 11.5 Å². The maximum Gasteiger partial charge on any atom is 0.189 e. The predicted octanol–water partition coefficient (Wildman–Crippen LogP) is 5.68. The van der Waals surface area contributed by atoms with Gasteiger partial charge in [-0.25, -0.2) is 0 Å². The number of allylic oxidation sites excluding steroid dienone is 8. The van der Waals surface area contributed by atoms with Gasteiger partial charge in [-0.05, 0) is 55.1 Å². The van der Waals surface area contributed by atoms with Crippen LogP contribution in [0.1, 0.15) is 44.1 Å². The van der Waals surface area contributed by atoms with Crippen molar-refractivity contribution in [3.63, 3.8) is 0 Å². The Morgan fingerprint density at radius 2 is 1.65 bits per heavy atom. The molecule has 0 aliphatic heterocycles. The molecule has 26 heavy (non-hydrogen) atoms. The zero-order valence-corrected chi connectivity index (χ0v) is 15.1. The van der Waals surface area contributed by atoms with Crippen molar-refractivity contribution in [2.24, 2.45) is 11.8 Å². The van der Waals surface area contributed by atoms with E-state index in [0.717, 1.165) is 60.9 Å². The van der Waals surface area contributed by atoms with Crippen molar-refractivity contribution >= 4 is 17.1 Å². The summed E-state index contributed by atoms with van der Waals surface area (Å²) in [7, 11) is 0. The summed E-state index contributed by atoms with van der Waals surface area (Å²) in [5.41, 5.74) is 5.07. The molecule has 132 valence electrons. The highest BCUT2D eigenvalue weighted by Gasteiger charge is 2.28. The van der Waals surface area contributed by atoms with Gasteiger partial charge in [0, 0.05) is 17.7 Å². The molecule has 0 bridgehead atoms. The molecular weight excluding hydrogens is 318 g/mol. The Kier molecular flexibility index (Phi) is 4.83. The number of benzene rings is 1. The molecule has 4 rings (SSSR count). The van der Waals surface area contributed by atoms with Crippen molar-refractivity contribution < 1.29 is 4.79 Å². The summed E-state index contributed by atoms with van der Waals surface area (Å²) in [6, 6.07) is 10.0. The third kappa shape index (κ3) is 3.41. The van der Waals surface area contributed by atoms with Crippen molar-refractivity contribution in [2.75, 3.05) is 0 Å². The average molecular weight is 343 g/mol. The highest BCUT2D eigenvalue weighted by molar-refractivity contribution is 6.29. The van der Waals surface area contributed by atoms with Gasteiger partial charge < -0.3 is 5.41 Å². The number of hydrogen-bond donors (Lipinski definition) is 1. The summed E-state index contributed by atoms with van der Waals surface area (Å²) in [4.78, 5) is 13.2. The zero-order chi connectivity index (χ0) is 17.9. The average Bonchev–Trinajstić information content (AvgIpc) is 2.69. The molecule has 0 saturated heterocycles. The Balaban J connectivity index is 1.59. The maximum atomic E-state index is 13.2. The molecule has 2 heteroatoms. The van der Waals surface area contributed by atoms with Crippen LogP contribution in [0.2, 0.25) is 0 Å². The van der Waals surface area contributed by atoms with Crippen LogP contribution in [0.3, 0.4) is 0 Å². The molecule has 1 N–H and O–H groups in total. The second-order valence-electron chi connectivity index (χ2n) is 7.54. The minimum Gasteiger partial charge on any atom is -0.309 e. The Bertz CT molecular complexity index is 838. The summed E-state index contributed by atoms with van der Waals surface area (Å²) in [5.74, 6) is 1.05. The van der Waals surface area contributed by atoms with Gasteiger partial charge in [-0.15, -0.1) is 0 Å². The summed E-state index contributed by atoms with van der Waals surface area (Å²) < 4.78 is 0. The lowest BCUT2D eigenvalue weighted by Gasteiger charge is -2.30. The monoisotopic (exact) mass is 343 g/mol. The predicted molar refractivity (Wildman–Crippen MR) is 107 cm³/mol. The van der Waals surface area contributed by atoms with Crippen LogP contribution in [0.4, 0.5) is 0 Å². The quantitative estimate of drug-likeness (QED) is 0.544. The molecule has 0 fully saturated rings. The van der Waals surface area contributed by atoms with Crippen LogP contribution >= 0.6 is 0 Å². The van der Waals surface area contributed by atoms with Gasteiger partial charge in [-0.3, -0.25) is 4.79 Å². The maximum absolute atomic E-state index is 13.2. The van der Waals surface area contributed by atoms with Crippen LogP contribution < -0.4 is 0 Å². The van der Waals surface area contributed by atoms with E-state index in [1.54, 1.807) is 0 Å². The van der Waals surface area contributed by atoms with E-state index in [1.165, 1.54) is 5.57 Å². The second-order valence-corrected chi connectivity index (χ2v) is 7.54. The number of hydrogen-bond acceptors (Lipinski definition) is 2. The van der Waals surface area contributed by atoms with Gasteiger partial charge in [0.05, 0.1) is 0 Å². The molecule has 2 atom stereocenters. The Labute approximate surface area is 155 Å². The summed E-state index contributed by atoms with van der Waals surface area (Å²) >= 11 is 0. The molecule has 1 aromatic carbocycles. The molecule has 3 aliphatic carbocycles. The number of carbonyl (C=O) groups excluding carboxylic acids is 1. The number of rotatable bonds is 2. The van der Waals surface area contributed by atoms with E-state index < -0.39 is 0 Å². The van der Waals surface area contributed by atoms with Crippen molar-refractivity contribution in [3.8, 4) is 0 Å². The van der Waals surface area contributed by atoms with Gasteiger partial charge in [-0.1, -0.05) is 66.3 Å². The summed E-state index contributed by atoms with van der Waals surface area (Å²) in [6.07, 6.45) is 16.4. The number of ketones is 1. The van der Waals surface area contributed by atoms with Crippen LogP contribution in [0, 0.1) is 17.2 Å². The highest BCUT2D eigenvalue weighted by Crippen LogP contribution is 2.38. The molecule has 0 spiro atoms. The molecule has 3 aliphatic rings. The molecular formula is C24H25NO. The number of nitrogens with one attached hydrogen (secondary N) is 1. The molecule has 1 aromatic rings. The minimum atomic E-state index is 0.221. The number of Topliss-reactive ketones (excluding diaryl/α,β-unsaturated/α-hetero) is 1. The molecule has 2 nitrogen and oxygen atoms in total. The van der Waals surface area contributed by atoms with E-state index in [-0.39, 0.29) is 5.78 Å². The van der Waals surface area contributed by atoms with Gasteiger partial charge >= 0.3 is 0 Å². The lowest BCUT2D eigenvalue weighted by atomic mass is 9.75. The molecule has 0 radical (unpaired) electrons. The van der Waals surface area contributed by atoms with Gasteiger partial charge in [0.15, 0.2) is 5.78 Å². The fourth-order valence-corrected chi connectivity index (χ4v) is 4.41. The lowest BCUT2D eigenvalue weighted by molar-refractivity contribution is -0.110. The van der Waals surface area contributed by atoms with Gasteiger partial charge in [0.1, 0.15) is 0 Å². The van der Waals surface area contributed by atoms with Crippen LogP contribution in [0.15, 0.2) is 71.9 Å². The zero-order valence-electron chi connectivity index (χ0n) is 15.1. The SMILES string of the molecule is N=C1CC=CC(C2C=CC/C(=C3\CCC=C(c4ccccc4)C3=O)C2)C1. The van der Waals surface area contributed by atoms with E-state index in [1.807, 2.05) is 30.3 Å². The van der Waals surface area contributed by atoms with Crippen LogP contribution in [-0.2, 0) is 4.79 Å². The fraction of sp³-hybridized carbons (Fsp3) is 0.333. The molecule has 0 heterocycles. The van der Waals surface area contributed by atoms with Gasteiger partial charge in [-0.2, -0.15) is 0 Å². The fourth-order valence-electron chi connectivity index (χ4n) is 4.41. The van der Waals surface area contributed by atoms with E-state index in [4.69, 9.17) is 5.41 Å². The normalized spacial score (nSPS) is 29.0. The van der Waals surface area contributed by atoms with E-state index in [0.29, 0.717) is 11.8 Å². The Hall–Kier alpha value is -2.48. The largest absolute Gasteiger partial charge is 0.309 e. The second kappa shape index (κ2) is 7.41. The van der Waals surface area contributed by atoms with Crippen LogP contribution in [0.25, 0.3) is 5.57 Å². The van der Waals surface area contributed by atoms with Crippen molar-refractivity contribution in [1.29, 1.82) is 5.41 Å². The van der Waals surface area contributed by atoms with Crippen molar-refractivity contribution in [1.82, 2.24) is 0 Å². The van der Waals surface area contributed by atoms with Crippen molar-refractivity contribution in [2.45, 2.75) is 38.5 Å². The first-order valence-electron chi connectivity index (χ1n) is 9.63. The first-order chi connectivity index (χ1) is 12.7. The molecule has 2 unspecified atom stereocenters. The summed E-state index contributed by atoms with van der Waals surface area (Å²) in [5, 5.41) is 7.99. The topological polar surface area (TPSA) is 40.9 Å². The summed E-state index contributed by atoms with van der Waals surface area (Å²) in [6.45, 7) is 0. The first-order valence-corrected chi connectivity index (χ1v) is 9.63. The highest BCUT2D eigenvalue weighted by atomic mass is 16.1. The molecule has 0 saturated carbocycles. The minimum absolute atomic E-state index is 0.221. The van der Waals surface area contributed by atoms with Gasteiger partial charge in [0.25, 0.3) is 0 Å². The van der Waals surface area contributed by atoms with E-state index in [9.17, 15) is 4.79 Å². The Morgan fingerprint density at radius 1 is 0.923 bits per heavy atom.